The van der Waals surface area contributed by atoms with Crippen LogP contribution in [0.4, 0.5) is 0 Å². The molecule has 5 rings (SSSR count). The monoisotopic (exact) mass is 718 g/mol. The second-order valence-electron chi connectivity index (χ2n) is 10.3. The zero-order valence-electron chi connectivity index (χ0n) is 23.5. The number of aliphatic hydroxyl groups excluding tert-OH is 4. The molecule has 1 aromatic carbocycles. The minimum atomic E-state index is -4.54. The Bertz CT molecular complexity index is 1690. The van der Waals surface area contributed by atoms with E-state index in [1.807, 2.05) is 0 Å². The van der Waals surface area contributed by atoms with Crippen LogP contribution >= 0.6 is 23.5 Å². The molecule has 2 saturated heterocycles. The number of thioether (sulfide) groups is 2. The summed E-state index contributed by atoms with van der Waals surface area (Å²) in [6, 6.07) is 6.71. The summed E-state index contributed by atoms with van der Waals surface area (Å²) in [5.74, 6) is -5.88. The number of β-lactam (4-membered cyclic amide) rings is 1. The van der Waals surface area contributed by atoms with Crippen molar-refractivity contribution in [1.29, 1.82) is 0 Å². The number of aromatic nitrogens is 4. The maximum atomic E-state index is 13.6. The largest absolute Gasteiger partial charge is 0.479 e. The summed E-state index contributed by atoms with van der Waals surface area (Å²) in [5, 5.41) is 62.3. The summed E-state index contributed by atoms with van der Waals surface area (Å²) in [6.45, 7) is 0. The Morgan fingerprint density at radius 1 is 1.15 bits per heavy atom. The van der Waals surface area contributed by atoms with Gasteiger partial charge in [0.15, 0.2) is 18.1 Å². The highest BCUT2D eigenvalue weighted by molar-refractivity contribution is 8.01. The molecule has 3 aliphatic heterocycles. The number of tetrazole rings is 1. The number of fused-ring (bicyclic) bond motifs is 1. The van der Waals surface area contributed by atoms with Gasteiger partial charge in [-0.3, -0.25) is 19.0 Å². The molecule has 0 spiro atoms. The summed E-state index contributed by atoms with van der Waals surface area (Å²) in [6.07, 6.45) is -12.1. The Kier molecular flexibility index (Phi) is 10.2. The molecule has 254 valence electrons. The van der Waals surface area contributed by atoms with E-state index in [4.69, 9.17) is 9.47 Å². The number of nitrogens with zero attached hydrogens (tertiary/aromatic N) is 5. The standard InChI is InChI=1S/C24H26N6O14S3/c31-13(9-4-2-1-3-5-9)18(35)25-11-19(36)30-12(22(39)44-23-16(34)14(32)15(33)17(43-23)21(37)38)10(6-45-20(11)30)7-46-24-26-27-28-29(24)8-47(40,41)42/h1-5,11,13-17,20,23,31-34H,6-8H2,(H,25,35)(H,37,38)(H,40,41,42)/t11-,13-,14?,15?,16?,17?,20-,23?/m1/s1. The number of carbonyl (C=O) groups is 4. The zero-order chi connectivity index (χ0) is 34.2. The Morgan fingerprint density at radius 2 is 1.85 bits per heavy atom. The van der Waals surface area contributed by atoms with Gasteiger partial charge in [-0.15, -0.1) is 16.9 Å². The average Bonchev–Trinajstić information content (AvgIpc) is 3.46. The molecule has 20 nitrogen and oxygen atoms in total. The summed E-state index contributed by atoms with van der Waals surface area (Å²) in [5.41, 5.74) is 0.0472. The van der Waals surface area contributed by atoms with Crippen LogP contribution in [0.5, 0.6) is 0 Å². The molecule has 0 bridgehead atoms. The Hall–Kier alpha value is -3.68. The Morgan fingerprint density at radius 3 is 2.51 bits per heavy atom. The number of carbonyl (C=O) groups excluding carboxylic acids is 3. The number of aliphatic hydroxyl groups is 4. The van der Waals surface area contributed by atoms with Gasteiger partial charge in [-0.2, -0.15) is 8.42 Å². The third-order valence-corrected chi connectivity index (χ3v) is 10.1. The first kappa shape index (κ1) is 34.6. The van der Waals surface area contributed by atoms with Crippen molar-refractivity contribution in [2.45, 2.75) is 59.3 Å². The highest BCUT2D eigenvalue weighted by Crippen LogP contribution is 2.42. The number of esters is 1. The van der Waals surface area contributed by atoms with Crippen LogP contribution in [0, 0.1) is 0 Å². The zero-order valence-corrected chi connectivity index (χ0v) is 26.0. The first-order valence-corrected chi connectivity index (χ1v) is 17.0. The summed E-state index contributed by atoms with van der Waals surface area (Å²) in [4.78, 5) is 52.3. The van der Waals surface area contributed by atoms with Crippen LogP contribution in [-0.2, 0) is 44.6 Å². The van der Waals surface area contributed by atoms with Crippen molar-refractivity contribution in [2.75, 3.05) is 11.5 Å². The van der Waals surface area contributed by atoms with E-state index in [2.05, 4.69) is 20.8 Å². The number of amides is 2. The second-order valence-corrected chi connectivity index (χ2v) is 13.7. The van der Waals surface area contributed by atoms with Crippen molar-refractivity contribution in [3.8, 4) is 0 Å². The van der Waals surface area contributed by atoms with Gasteiger partial charge in [-0.05, 0) is 21.6 Å². The number of benzene rings is 1. The van der Waals surface area contributed by atoms with Crippen molar-refractivity contribution >= 4 is 57.4 Å². The van der Waals surface area contributed by atoms with Gasteiger partial charge in [0.1, 0.15) is 35.4 Å². The highest BCUT2D eigenvalue weighted by Gasteiger charge is 2.56. The molecule has 47 heavy (non-hydrogen) atoms. The minimum absolute atomic E-state index is 0.00647. The van der Waals surface area contributed by atoms with E-state index in [1.165, 1.54) is 12.1 Å². The summed E-state index contributed by atoms with van der Waals surface area (Å²) in [7, 11) is -4.54. The fourth-order valence-electron chi connectivity index (χ4n) is 4.80. The predicted octanol–water partition coefficient (Wildman–Crippen LogP) is -3.57. The van der Waals surface area contributed by atoms with E-state index in [-0.39, 0.29) is 27.8 Å². The number of aliphatic carboxylic acids is 1. The van der Waals surface area contributed by atoms with Crippen molar-refractivity contribution in [3.63, 3.8) is 0 Å². The molecule has 0 radical (unpaired) electrons. The molecule has 5 unspecified atom stereocenters. The third-order valence-electron chi connectivity index (χ3n) is 7.10. The van der Waals surface area contributed by atoms with Gasteiger partial charge in [0, 0.05) is 11.5 Å². The minimum Gasteiger partial charge on any atom is -0.479 e. The number of nitrogens with one attached hydrogen (secondary N) is 1. The average molecular weight is 719 g/mol. The maximum absolute atomic E-state index is 13.6. The Labute approximate surface area is 272 Å². The van der Waals surface area contributed by atoms with Crippen LogP contribution < -0.4 is 5.32 Å². The molecule has 2 fully saturated rings. The van der Waals surface area contributed by atoms with Crippen molar-refractivity contribution in [1.82, 2.24) is 30.4 Å². The lowest BCUT2D eigenvalue weighted by Crippen LogP contribution is -2.71. The maximum Gasteiger partial charge on any atom is 0.357 e. The molecule has 23 heteroatoms. The van der Waals surface area contributed by atoms with Gasteiger partial charge in [0.2, 0.25) is 11.4 Å². The lowest BCUT2D eigenvalue weighted by Gasteiger charge is -2.50. The third kappa shape index (κ3) is 7.26. The topological polar surface area (TPSA) is 301 Å². The number of hydrogen-bond acceptors (Lipinski definition) is 17. The molecular formula is C24H26N6O14S3. The van der Waals surface area contributed by atoms with Crippen molar-refractivity contribution < 1.29 is 67.2 Å². The molecule has 0 aliphatic carbocycles. The van der Waals surface area contributed by atoms with Gasteiger partial charge < -0.3 is 40.3 Å². The molecule has 4 heterocycles. The number of carboxylic acid groups (broad SMARTS) is 1. The van der Waals surface area contributed by atoms with Crippen LogP contribution in [0.2, 0.25) is 0 Å². The predicted molar refractivity (Wildman–Crippen MR) is 154 cm³/mol. The lowest BCUT2D eigenvalue weighted by molar-refractivity contribution is -0.285. The quantitative estimate of drug-likeness (QED) is 0.0511. The van der Waals surface area contributed by atoms with Crippen molar-refractivity contribution in [3.05, 3.63) is 47.2 Å². The second kappa shape index (κ2) is 13.8. The molecule has 8 atom stereocenters. The number of hydrogen-bond donors (Lipinski definition) is 7. The molecular weight excluding hydrogens is 692 g/mol. The fourth-order valence-corrected chi connectivity index (χ4v) is 7.73. The lowest BCUT2D eigenvalue weighted by atomic mass is 9.99. The van der Waals surface area contributed by atoms with E-state index >= 15 is 0 Å². The van der Waals surface area contributed by atoms with E-state index in [9.17, 15) is 57.7 Å². The van der Waals surface area contributed by atoms with Crippen LogP contribution in [-0.4, -0.2) is 141 Å². The first-order valence-electron chi connectivity index (χ1n) is 13.4. The van der Waals surface area contributed by atoms with Gasteiger partial charge in [0.05, 0.1) is 0 Å². The SMILES string of the molecule is O=C(OC1OC(C(=O)O)C(O)C(O)C1O)C1=C(CSc2nnnn2CS(=O)(=O)O)CS[C@@H]2[C@H](NC(=O)[C@H](O)c3ccccc3)C(=O)N12. The first-order chi connectivity index (χ1) is 22.2. The van der Waals surface area contributed by atoms with Gasteiger partial charge in [-0.1, -0.05) is 42.1 Å². The smallest absolute Gasteiger partial charge is 0.357 e. The van der Waals surface area contributed by atoms with Crippen LogP contribution in [0.1, 0.15) is 11.7 Å². The molecule has 2 amide bonds. The van der Waals surface area contributed by atoms with Crippen LogP contribution in [0.3, 0.4) is 0 Å². The highest BCUT2D eigenvalue weighted by atomic mass is 32.2. The normalized spacial score (nSPS) is 28.2. The fraction of sp³-hybridized carbons (Fsp3) is 0.458. The van der Waals surface area contributed by atoms with Crippen molar-refractivity contribution in [2.24, 2.45) is 0 Å². The van der Waals surface area contributed by atoms with E-state index in [0.29, 0.717) is 0 Å². The van der Waals surface area contributed by atoms with E-state index in [1.54, 1.807) is 18.2 Å². The number of ether oxygens (including phenoxy) is 2. The molecule has 2 aromatic rings. The molecule has 1 aromatic heterocycles. The van der Waals surface area contributed by atoms with E-state index in [0.717, 1.165) is 33.1 Å². The summed E-state index contributed by atoms with van der Waals surface area (Å²) < 4.78 is 42.9. The molecule has 0 saturated carbocycles. The van der Waals surface area contributed by atoms with Gasteiger partial charge >= 0.3 is 11.9 Å². The van der Waals surface area contributed by atoms with Gasteiger partial charge in [0.25, 0.3) is 21.9 Å². The van der Waals surface area contributed by atoms with Gasteiger partial charge in [-0.25, -0.2) is 14.3 Å². The Balaban J connectivity index is 1.39. The molecule has 7 N–H and O–H groups in total. The summed E-state index contributed by atoms with van der Waals surface area (Å²) >= 11 is 1.93. The van der Waals surface area contributed by atoms with Crippen LogP contribution in [0.25, 0.3) is 0 Å². The molecule has 3 aliphatic rings. The van der Waals surface area contributed by atoms with Crippen LogP contribution in [0.15, 0.2) is 46.8 Å². The number of rotatable bonds is 11. The number of carboxylic acids is 1. The van der Waals surface area contributed by atoms with E-state index < -0.39 is 93.7 Å².